The maximum absolute atomic E-state index is 12.2. The lowest BCUT2D eigenvalue weighted by Gasteiger charge is -2.31. The fourth-order valence-corrected chi connectivity index (χ4v) is 2.45. The molecule has 2 atom stereocenters. The van der Waals surface area contributed by atoms with E-state index < -0.39 is 0 Å². The molecular formula is C12H22N2O. The summed E-state index contributed by atoms with van der Waals surface area (Å²) in [6, 6.07) is 0.444. The van der Waals surface area contributed by atoms with Gasteiger partial charge in [0.2, 0.25) is 5.91 Å². The van der Waals surface area contributed by atoms with Crippen LogP contribution in [0.2, 0.25) is 0 Å². The molecule has 1 aliphatic heterocycles. The summed E-state index contributed by atoms with van der Waals surface area (Å²) in [5, 5.41) is 3.31. The first-order valence-corrected chi connectivity index (χ1v) is 6.17. The smallest absolute Gasteiger partial charge is 0.226 e. The minimum atomic E-state index is 0.227. The summed E-state index contributed by atoms with van der Waals surface area (Å²) in [5.41, 5.74) is 0. The van der Waals surface area contributed by atoms with Crippen LogP contribution in [0.4, 0.5) is 0 Å². The third-order valence-corrected chi connectivity index (χ3v) is 3.91. The van der Waals surface area contributed by atoms with Gasteiger partial charge in [0.25, 0.3) is 0 Å². The zero-order valence-electron chi connectivity index (χ0n) is 9.83. The van der Waals surface area contributed by atoms with Crippen LogP contribution in [0, 0.1) is 11.8 Å². The number of hydrogen-bond acceptors (Lipinski definition) is 2. The molecule has 1 aliphatic carbocycles. The van der Waals surface area contributed by atoms with Crippen LogP contribution in [0.1, 0.15) is 32.6 Å². The van der Waals surface area contributed by atoms with E-state index in [2.05, 4.69) is 12.2 Å². The molecule has 0 aromatic heterocycles. The monoisotopic (exact) mass is 210 g/mol. The van der Waals surface area contributed by atoms with Crippen LogP contribution in [-0.4, -0.2) is 37.0 Å². The third-order valence-electron chi connectivity index (χ3n) is 3.91. The van der Waals surface area contributed by atoms with Crippen molar-refractivity contribution in [3.63, 3.8) is 0 Å². The molecule has 0 aromatic carbocycles. The maximum Gasteiger partial charge on any atom is 0.226 e. The Morgan fingerprint density at radius 1 is 1.40 bits per heavy atom. The lowest BCUT2D eigenvalue weighted by Crippen LogP contribution is -2.45. The first-order chi connectivity index (χ1) is 7.20. The largest absolute Gasteiger partial charge is 0.342 e. The fourth-order valence-electron chi connectivity index (χ4n) is 2.45. The number of amides is 1. The van der Waals surface area contributed by atoms with Gasteiger partial charge in [0.05, 0.1) is 5.92 Å². The van der Waals surface area contributed by atoms with Gasteiger partial charge in [-0.15, -0.1) is 0 Å². The zero-order chi connectivity index (χ0) is 10.8. The first kappa shape index (κ1) is 10.9. The Labute approximate surface area is 92.2 Å². The van der Waals surface area contributed by atoms with Crippen LogP contribution in [0.15, 0.2) is 0 Å². The quantitative estimate of drug-likeness (QED) is 0.760. The molecule has 2 aliphatic rings. The molecule has 1 saturated carbocycles. The predicted molar refractivity (Wildman–Crippen MR) is 60.5 cm³/mol. The standard InChI is InChI=1S/C12H22N2O/c1-9(10-5-6-10)14(2)12(15)11-4-3-7-13-8-11/h9-11,13H,3-8H2,1-2H3/t9?,11-/m0/s1. The second kappa shape index (κ2) is 4.52. The maximum atomic E-state index is 12.2. The predicted octanol–water partition coefficient (Wildman–Crippen LogP) is 1.24. The van der Waals surface area contributed by atoms with Gasteiger partial charge in [-0.3, -0.25) is 4.79 Å². The molecule has 86 valence electrons. The Kier molecular flexibility index (Phi) is 3.29. The summed E-state index contributed by atoms with van der Waals surface area (Å²) >= 11 is 0. The second-order valence-corrected chi connectivity index (χ2v) is 5.07. The highest BCUT2D eigenvalue weighted by molar-refractivity contribution is 5.79. The van der Waals surface area contributed by atoms with Gasteiger partial charge >= 0.3 is 0 Å². The molecule has 1 saturated heterocycles. The van der Waals surface area contributed by atoms with E-state index in [-0.39, 0.29) is 5.92 Å². The molecule has 2 fully saturated rings. The van der Waals surface area contributed by atoms with E-state index in [9.17, 15) is 4.79 Å². The molecule has 0 radical (unpaired) electrons. The van der Waals surface area contributed by atoms with Crippen molar-refractivity contribution in [2.24, 2.45) is 11.8 Å². The van der Waals surface area contributed by atoms with Gasteiger partial charge in [-0.1, -0.05) is 0 Å². The van der Waals surface area contributed by atoms with Gasteiger partial charge < -0.3 is 10.2 Å². The highest BCUT2D eigenvalue weighted by Crippen LogP contribution is 2.35. The topological polar surface area (TPSA) is 32.3 Å². The van der Waals surface area contributed by atoms with Crippen molar-refractivity contribution in [1.29, 1.82) is 0 Å². The van der Waals surface area contributed by atoms with Crippen LogP contribution in [0.5, 0.6) is 0 Å². The summed E-state index contributed by atoms with van der Waals surface area (Å²) in [4.78, 5) is 14.1. The van der Waals surface area contributed by atoms with Crippen LogP contribution in [-0.2, 0) is 4.79 Å². The van der Waals surface area contributed by atoms with E-state index >= 15 is 0 Å². The summed E-state index contributed by atoms with van der Waals surface area (Å²) in [5.74, 6) is 1.35. The third kappa shape index (κ3) is 2.51. The lowest BCUT2D eigenvalue weighted by atomic mass is 9.97. The van der Waals surface area contributed by atoms with E-state index in [1.165, 1.54) is 12.8 Å². The molecule has 3 heteroatoms. The molecule has 1 heterocycles. The average molecular weight is 210 g/mol. The normalized spacial score (nSPS) is 28.5. The molecule has 15 heavy (non-hydrogen) atoms. The number of carbonyl (C=O) groups is 1. The van der Waals surface area contributed by atoms with Gasteiger partial charge in [0.1, 0.15) is 0 Å². The summed E-state index contributed by atoms with van der Waals surface area (Å²) in [7, 11) is 1.97. The van der Waals surface area contributed by atoms with E-state index in [0.29, 0.717) is 11.9 Å². The number of nitrogens with one attached hydrogen (secondary N) is 1. The summed E-state index contributed by atoms with van der Waals surface area (Å²) < 4.78 is 0. The zero-order valence-corrected chi connectivity index (χ0v) is 9.83. The average Bonchev–Trinajstić information content (AvgIpc) is 3.11. The van der Waals surface area contributed by atoms with Crippen molar-refractivity contribution in [1.82, 2.24) is 10.2 Å². The van der Waals surface area contributed by atoms with Crippen LogP contribution in [0.25, 0.3) is 0 Å². The van der Waals surface area contributed by atoms with Crippen molar-refractivity contribution in [3.05, 3.63) is 0 Å². The Morgan fingerprint density at radius 3 is 2.67 bits per heavy atom. The van der Waals surface area contributed by atoms with Crippen molar-refractivity contribution in [2.75, 3.05) is 20.1 Å². The molecule has 1 amide bonds. The van der Waals surface area contributed by atoms with E-state index in [0.717, 1.165) is 31.8 Å². The number of piperidine rings is 1. The van der Waals surface area contributed by atoms with Gasteiger partial charge in [0.15, 0.2) is 0 Å². The Balaban J connectivity index is 1.87. The van der Waals surface area contributed by atoms with E-state index in [4.69, 9.17) is 0 Å². The van der Waals surface area contributed by atoms with Crippen LogP contribution < -0.4 is 5.32 Å². The fraction of sp³-hybridized carbons (Fsp3) is 0.917. The molecule has 3 nitrogen and oxygen atoms in total. The molecule has 0 aromatic rings. The van der Waals surface area contributed by atoms with Crippen molar-refractivity contribution < 1.29 is 4.79 Å². The molecule has 1 N–H and O–H groups in total. The summed E-state index contributed by atoms with van der Waals surface area (Å²) in [6.45, 7) is 4.14. The number of hydrogen-bond donors (Lipinski definition) is 1. The Hall–Kier alpha value is -0.570. The van der Waals surface area contributed by atoms with Crippen LogP contribution in [0.3, 0.4) is 0 Å². The number of carbonyl (C=O) groups excluding carboxylic acids is 1. The van der Waals surface area contributed by atoms with Gasteiger partial charge in [0, 0.05) is 19.6 Å². The van der Waals surface area contributed by atoms with Crippen molar-refractivity contribution in [2.45, 2.75) is 38.6 Å². The Morgan fingerprint density at radius 2 is 2.13 bits per heavy atom. The van der Waals surface area contributed by atoms with Crippen molar-refractivity contribution >= 4 is 5.91 Å². The minimum absolute atomic E-state index is 0.227. The van der Waals surface area contributed by atoms with E-state index in [1.807, 2.05) is 11.9 Å². The highest BCUT2D eigenvalue weighted by atomic mass is 16.2. The van der Waals surface area contributed by atoms with E-state index in [1.54, 1.807) is 0 Å². The summed E-state index contributed by atoms with van der Waals surface area (Å²) in [6.07, 6.45) is 4.82. The molecule has 0 bridgehead atoms. The highest BCUT2D eigenvalue weighted by Gasteiger charge is 2.34. The van der Waals surface area contributed by atoms with Crippen molar-refractivity contribution in [3.8, 4) is 0 Å². The minimum Gasteiger partial charge on any atom is -0.342 e. The number of rotatable bonds is 3. The van der Waals surface area contributed by atoms with Gasteiger partial charge in [-0.2, -0.15) is 0 Å². The SMILES string of the molecule is CC(C1CC1)N(C)C(=O)[C@H]1CCCNC1. The molecule has 0 spiro atoms. The van der Waals surface area contributed by atoms with Crippen LogP contribution >= 0.6 is 0 Å². The first-order valence-electron chi connectivity index (χ1n) is 6.17. The van der Waals surface area contributed by atoms with Gasteiger partial charge in [-0.05, 0) is 45.1 Å². The van der Waals surface area contributed by atoms with Gasteiger partial charge in [-0.25, -0.2) is 0 Å². The Bertz CT molecular complexity index is 232. The molecule has 2 rings (SSSR count). The lowest BCUT2D eigenvalue weighted by molar-refractivity contribution is -0.136. The second-order valence-electron chi connectivity index (χ2n) is 5.07. The number of nitrogens with zero attached hydrogens (tertiary/aromatic N) is 1. The molecular weight excluding hydrogens is 188 g/mol. The molecule has 1 unspecified atom stereocenters.